The number of esters is 2. The normalized spacial score (nSPS) is 11.5. The Hall–Kier alpha value is -7.34. The van der Waals surface area contributed by atoms with Gasteiger partial charge >= 0.3 is 24.1 Å². The van der Waals surface area contributed by atoms with E-state index < -0.39 is 36.3 Å². The molecule has 0 saturated heterocycles. The van der Waals surface area contributed by atoms with Crippen LogP contribution in [0.15, 0.2) is 153 Å². The summed E-state index contributed by atoms with van der Waals surface area (Å²) in [4.78, 5) is 50.0. The smallest absolute Gasteiger partial charge is 0.411 e. The van der Waals surface area contributed by atoms with Crippen LogP contribution in [0.2, 0.25) is 0 Å². The lowest BCUT2D eigenvalue weighted by molar-refractivity contribution is -0.147. The number of hydrogen-bond acceptors (Lipinski definition) is 10. The number of carbonyl (C=O) groups is 4. The first-order chi connectivity index (χ1) is 27.7. The van der Waals surface area contributed by atoms with E-state index in [1.54, 1.807) is 31.2 Å². The number of aryl methyl sites for hydroxylation is 1. The summed E-state index contributed by atoms with van der Waals surface area (Å²) >= 11 is 0. The highest BCUT2D eigenvalue weighted by Gasteiger charge is 2.21. The molecule has 2 amide bonds. The molecule has 0 aliphatic rings. The molecule has 292 valence electrons. The monoisotopic (exact) mass is 770 g/mol. The Kier molecular flexibility index (Phi) is 15.0. The lowest BCUT2D eigenvalue weighted by atomic mass is 10.1. The lowest BCUT2D eigenvalue weighted by Gasteiger charge is -2.20. The van der Waals surface area contributed by atoms with Crippen LogP contribution in [0, 0.1) is 6.92 Å². The molecule has 2 unspecified atom stereocenters. The van der Waals surface area contributed by atoms with Gasteiger partial charge in [0.05, 0.1) is 0 Å². The van der Waals surface area contributed by atoms with E-state index in [1.807, 2.05) is 97.1 Å². The summed E-state index contributed by atoms with van der Waals surface area (Å²) in [7, 11) is 0. The molecule has 2 N–H and O–H groups in total. The summed E-state index contributed by atoms with van der Waals surface area (Å²) in [6.07, 6.45) is -1.61. The molecule has 0 aliphatic carbocycles. The summed E-state index contributed by atoms with van der Waals surface area (Å²) in [5.74, 6) is -0.317. The van der Waals surface area contributed by atoms with Gasteiger partial charge in [-0.2, -0.15) is 0 Å². The second kappa shape index (κ2) is 20.9. The Morgan fingerprint density at radius 1 is 0.561 bits per heavy atom. The van der Waals surface area contributed by atoms with Crippen molar-refractivity contribution in [1.29, 1.82) is 0 Å². The topological polar surface area (TPSA) is 148 Å². The highest BCUT2D eigenvalue weighted by atomic mass is 16.6. The zero-order valence-corrected chi connectivity index (χ0v) is 31.3. The van der Waals surface area contributed by atoms with Crippen molar-refractivity contribution in [2.75, 3.05) is 37.1 Å². The molecule has 2 atom stereocenters. The Labute approximate surface area is 330 Å². The van der Waals surface area contributed by atoms with E-state index in [9.17, 15) is 19.2 Å². The zero-order valence-electron chi connectivity index (χ0n) is 31.3. The number of carbonyl (C=O) groups excluding carboxylic acids is 4. The third kappa shape index (κ3) is 12.6. The number of anilines is 2. The second-order valence-electron chi connectivity index (χ2n) is 12.3. The summed E-state index contributed by atoms with van der Waals surface area (Å²) in [5.41, 5.74) is 4.82. The van der Waals surface area contributed by atoms with E-state index in [1.165, 1.54) is 6.07 Å². The maximum atomic E-state index is 12.9. The first-order valence-corrected chi connectivity index (χ1v) is 17.9. The van der Waals surface area contributed by atoms with E-state index in [4.69, 9.17) is 28.4 Å². The third-order valence-electron chi connectivity index (χ3n) is 8.21. The predicted molar refractivity (Wildman–Crippen MR) is 216 cm³/mol. The molecule has 0 heterocycles. The quantitative estimate of drug-likeness (QED) is 0.0503. The van der Waals surface area contributed by atoms with Crippen LogP contribution in [0.3, 0.4) is 0 Å². The van der Waals surface area contributed by atoms with Gasteiger partial charge in [-0.15, -0.1) is 0 Å². The molecule has 0 fully saturated rings. The van der Waals surface area contributed by atoms with E-state index in [-0.39, 0.29) is 32.1 Å². The molecule has 5 rings (SSSR count). The molecule has 0 spiro atoms. The van der Waals surface area contributed by atoms with Gasteiger partial charge in [0, 0.05) is 34.7 Å². The van der Waals surface area contributed by atoms with Crippen LogP contribution in [0.1, 0.15) is 5.56 Å². The number of benzene rings is 5. The minimum atomic E-state index is -0.965. The van der Waals surface area contributed by atoms with Crippen molar-refractivity contribution < 1.29 is 47.6 Å². The van der Waals surface area contributed by atoms with Gasteiger partial charge in [-0.1, -0.05) is 116 Å². The van der Waals surface area contributed by atoms with Crippen LogP contribution >= 0.6 is 0 Å². The van der Waals surface area contributed by atoms with E-state index in [0.29, 0.717) is 22.7 Å². The Morgan fingerprint density at radius 3 is 1.47 bits per heavy atom. The molecule has 0 aromatic heterocycles. The van der Waals surface area contributed by atoms with Gasteiger partial charge in [-0.05, 0) is 47.9 Å². The van der Waals surface area contributed by atoms with Crippen LogP contribution in [0.4, 0.5) is 21.0 Å². The number of ether oxygens (including phenoxy) is 6. The van der Waals surface area contributed by atoms with E-state index >= 15 is 0 Å². The first kappa shape index (κ1) is 40.8. The molecule has 12 heteroatoms. The maximum absolute atomic E-state index is 12.9. The maximum Gasteiger partial charge on any atom is 0.411 e. The van der Waals surface area contributed by atoms with E-state index in [0.717, 1.165) is 34.4 Å². The lowest BCUT2D eigenvalue weighted by Crippen LogP contribution is -2.31. The van der Waals surface area contributed by atoms with Crippen molar-refractivity contribution in [3.8, 4) is 33.8 Å². The molecular formula is C45H42N2O10. The van der Waals surface area contributed by atoms with Crippen molar-refractivity contribution >= 4 is 35.5 Å². The van der Waals surface area contributed by atoms with Crippen LogP contribution in [-0.4, -0.2) is 62.8 Å². The van der Waals surface area contributed by atoms with Gasteiger partial charge in [0.25, 0.3) is 0 Å². The van der Waals surface area contributed by atoms with Gasteiger partial charge in [0.15, 0.2) is 12.2 Å². The third-order valence-corrected chi connectivity index (χ3v) is 8.21. The standard InChI is InChI=1S/C45H42N2O10/c1-4-42(48)56-35(27-52-40-22-14-12-20-37(40)32-16-8-6-9-17-32)29-54-44(50)46-34-25-24-31(3)39(26-34)47-45(51)55-30-36(57-43(49)5-2)28-53-41-23-15-13-21-38(41)33-18-10-7-11-19-33/h4-26,35-36H,1-2,27-30H2,3H3,(H,46,50)(H,47,51). The summed E-state index contributed by atoms with van der Waals surface area (Å²) in [6.45, 7) is 7.73. The SMILES string of the molecule is C=CC(=O)OC(COC(=O)Nc1ccc(C)c(NC(=O)OCC(COc2ccccc2-c2ccccc2)OC(=O)C=C)c1)COc1ccccc1-c1ccccc1. The number of hydrogen-bond donors (Lipinski definition) is 2. The highest BCUT2D eigenvalue weighted by Crippen LogP contribution is 2.31. The average Bonchev–Trinajstić information content (AvgIpc) is 3.24. The Bertz CT molecular complexity index is 2160. The summed E-state index contributed by atoms with van der Waals surface area (Å²) in [6, 6.07) is 38.9. The van der Waals surface area contributed by atoms with Crippen LogP contribution in [0.25, 0.3) is 22.3 Å². The molecule has 0 saturated carbocycles. The summed E-state index contributed by atoms with van der Waals surface area (Å²) in [5, 5.41) is 5.24. The molecule has 0 aliphatic heterocycles. The number of rotatable bonds is 18. The fourth-order valence-corrected chi connectivity index (χ4v) is 5.39. The molecule has 12 nitrogen and oxygen atoms in total. The van der Waals surface area contributed by atoms with Gasteiger partial charge in [-0.3, -0.25) is 10.6 Å². The number of para-hydroxylation sites is 2. The number of amides is 2. The van der Waals surface area contributed by atoms with Crippen LogP contribution < -0.4 is 20.1 Å². The van der Waals surface area contributed by atoms with Crippen molar-refractivity contribution in [2.45, 2.75) is 19.1 Å². The minimum absolute atomic E-state index is 0.113. The molecular weight excluding hydrogens is 728 g/mol. The van der Waals surface area contributed by atoms with Crippen molar-refractivity contribution in [2.24, 2.45) is 0 Å². The van der Waals surface area contributed by atoms with Crippen LogP contribution in [-0.2, 0) is 28.5 Å². The minimum Gasteiger partial charge on any atom is -0.489 e. The Morgan fingerprint density at radius 2 is 1.00 bits per heavy atom. The second-order valence-corrected chi connectivity index (χ2v) is 12.3. The highest BCUT2D eigenvalue weighted by molar-refractivity contribution is 5.90. The predicted octanol–water partition coefficient (Wildman–Crippen LogP) is 8.78. The van der Waals surface area contributed by atoms with Crippen LogP contribution in [0.5, 0.6) is 11.5 Å². The van der Waals surface area contributed by atoms with E-state index in [2.05, 4.69) is 23.8 Å². The van der Waals surface area contributed by atoms with Crippen molar-refractivity contribution in [3.63, 3.8) is 0 Å². The molecule has 0 bridgehead atoms. The summed E-state index contributed by atoms with van der Waals surface area (Å²) < 4.78 is 33.6. The largest absolute Gasteiger partial charge is 0.489 e. The van der Waals surface area contributed by atoms with Gasteiger partial charge in [0.2, 0.25) is 0 Å². The molecule has 5 aromatic carbocycles. The fraction of sp³-hybridized carbons (Fsp3) is 0.156. The zero-order chi connectivity index (χ0) is 40.4. The molecule has 0 radical (unpaired) electrons. The van der Waals surface area contributed by atoms with Gasteiger partial charge in [0.1, 0.15) is 37.9 Å². The number of nitrogens with one attached hydrogen (secondary N) is 2. The average molecular weight is 771 g/mol. The van der Waals surface area contributed by atoms with Crippen molar-refractivity contribution in [3.05, 3.63) is 158 Å². The molecule has 57 heavy (non-hydrogen) atoms. The fourth-order valence-electron chi connectivity index (χ4n) is 5.39. The Balaban J connectivity index is 1.15. The first-order valence-electron chi connectivity index (χ1n) is 17.9. The van der Waals surface area contributed by atoms with Crippen molar-refractivity contribution in [1.82, 2.24) is 0 Å². The van der Waals surface area contributed by atoms with Gasteiger partial charge < -0.3 is 28.4 Å². The molecule has 5 aromatic rings. The van der Waals surface area contributed by atoms with Gasteiger partial charge in [-0.25, -0.2) is 19.2 Å².